The molecule has 0 aromatic carbocycles. The molecular formula is C9H15NO4S. The zero-order chi connectivity index (χ0) is 12.1. The number of hydrogen-bond acceptors (Lipinski definition) is 3. The minimum atomic E-state index is -3.57. The highest BCUT2D eigenvalue weighted by atomic mass is 32.2. The van der Waals surface area contributed by atoms with Crippen LogP contribution in [0.2, 0.25) is 0 Å². The fourth-order valence-corrected chi connectivity index (χ4v) is 2.59. The van der Waals surface area contributed by atoms with Gasteiger partial charge in [0.1, 0.15) is 6.04 Å². The molecule has 86 valence electrons. The summed E-state index contributed by atoms with van der Waals surface area (Å²) in [6.07, 6.45) is 4.78. The maximum absolute atomic E-state index is 11.4. The van der Waals surface area contributed by atoms with Gasteiger partial charge in [0.15, 0.2) is 0 Å². The summed E-state index contributed by atoms with van der Waals surface area (Å²) in [7, 11) is -3.57. The average molecular weight is 233 g/mol. The Morgan fingerprint density at radius 2 is 2.07 bits per heavy atom. The molecule has 0 aliphatic carbocycles. The molecule has 0 radical (unpaired) electrons. The van der Waals surface area contributed by atoms with Gasteiger partial charge in [0.25, 0.3) is 0 Å². The molecule has 6 heteroatoms. The summed E-state index contributed by atoms with van der Waals surface area (Å²) in [4.78, 5) is 10.6. The van der Waals surface area contributed by atoms with E-state index >= 15 is 0 Å². The molecule has 0 aliphatic heterocycles. The van der Waals surface area contributed by atoms with Gasteiger partial charge in [-0.25, -0.2) is 8.42 Å². The van der Waals surface area contributed by atoms with Crippen LogP contribution in [0.5, 0.6) is 0 Å². The second kappa shape index (κ2) is 5.73. The molecule has 0 heterocycles. The predicted octanol–water partition coefficient (Wildman–Crippen LogP) is 0.0383. The minimum Gasteiger partial charge on any atom is -0.480 e. The molecule has 0 aromatic heterocycles. The summed E-state index contributed by atoms with van der Waals surface area (Å²) >= 11 is 0. The number of nitrogens with one attached hydrogen (secondary N) is 1. The lowest BCUT2D eigenvalue weighted by Gasteiger charge is -2.13. The lowest BCUT2D eigenvalue weighted by molar-refractivity contribution is -0.138. The molecule has 0 aromatic rings. The van der Waals surface area contributed by atoms with E-state index in [9.17, 15) is 13.2 Å². The van der Waals surface area contributed by atoms with E-state index in [1.165, 1.54) is 0 Å². The number of carboxylic acids is 1. The van der Waals surface area contributed by atoms with E-state index in [0.717, 1.165) is 0 Å². The number of hydrogen-bond donors (Lipinski definition) is 2. The average Bonchev–Trinajstić information content (AvgIpc) is 2.00. The molecule has 15 heavy (non-hydrogen) atoms. The van der Waals surface area contributed by atoms with Crippen LogP contribution < -0.4 is 4.72 Å². The van der Waals surface area contributed by atoms with E-state index < -0.39 is 22.0 Å². The SMILES string of the molecule is C#CCC(NS(=O)(=O)CC(C)C)C(=O)O. The molecule has 2 N–H and O–H groups in total. The Bertz CT molecular complexity index is 353. The van der Waals surface area contributed by atoms with Gasteiger partial charge in [0.05, 0.1) is 5.75 Å². The lowest BCUT2D eigenvalue weighted by Crippen LogP contribution is -2.42. The smallest absolute Gasteiger partial charge is 0.322 e. The Balaban J connectivity index is 4.54. The van der Waals surface area contributed by atoms with Gasteiger partial charge >= 0.3 is 5.97 Å². The molecule has 1 unspecified atom stereocenters. The van der Waals surface area contributed by atoms with E-state index in [4.69, 9.17) is 11.5 Å². The van der Waals surface area contributed by atoms with Crippen LogP contribution in [0.3, 0.4) is 0 Å². The topological polar surface area (TPSA) is 83.5 Å². The van der Waals surface area contributed by atoms with Crippen molar-refractivity contribution in [3.8, 4) is 12.3 Å². The molecule has 0 saturated carbocycles. The van der Waals surface area contributed by atoms with Crippen LogP contribution in [0.4, 0.5) is 0 Å². The third-order valence-electron chi connectivity index (χ3n) is 1.49. The van der Waals surface area contributed by atoms with Crippen molar-refractivity contribution in [1.29, 1.82) is 0 Å². The highest BCUT2D eigenvalue weighted by Crippen LogP contribution is 2.01. The Morgan fingerprint density at radius 3 is 2.40 bits per heavy atom. The lowest BCUT2D eigenvalue weighted by atomic mass is 10.2. The summed E-state index contributed by atoms with van der Waals surface area (Å²) in [5, 5.41) is 8.68. The number of rotatable bonds is 6. The van der Waals surface area contributed by atoms with E-state index in [1.807, 2.05) is 0 Å². The highest BCUT2D eigenvalue weighted by molar-refractivity contribution is 7.89. The van der Waals surface area contributed by atoms with Crippen molar-refractivity contribution in [3.05, 3.63) is 0 Å². The van der Waals surface area contributed by atoms with Crippen molar-refractivity contribution in [3.63, 3.8) is 0 Å². The third kappa shape index (κ3) is 6.10. The first-order valence-electron chi connectivity index (χ1n) is 4.44. The van der Waals surface area contributed by atoms with Crippen molar-refractivity contribution in [2.24, 2.45) is 5.92 Å². The fourth-order valence-electron chi connectivity index (χ4n) is 1.00. The molecule has 1 atom stereocenters. The van der Waals surface area contributed by atoms with Crippen LogP contribution in [0.25, 0.3) is 0 Å². The van der Waals surface area contributed by atoms with Crippen LogP contribution in [-0.2, 0) is 14.8 Å². The number of aliphatic carboxylic acids is 1. The minimum absolute atomic E-state index is 0.0669. The Kier molecular flexibility index (Phi) is 5.33. The van der Waals surface area contributed by atoms with Gasteiger partial charge in [-0.2, -0.15) is 4.72 Å². The van der Waals surface area contributed by atoms with Gasteiger partial charge in [-0.1, -0.05) is 13.8 Å². The highest BCUT2D eigenvalue weighted by Gasteiger charge is 2.23. The fraction of sp³-hybridized carbons (Fsp3) is 0.667. The maximum atomic E-state index is 11.4. The first-order chi connectivity index (χ1) is 6.78. The second-order valence-corrected chi connectivity index (χ2v) is 5.39. The van der Waals surface area contributed by atoms with E-state index in [1.54, 1.807) is 13.8 Å². The van der Waals surface area contributed by atoms with Crippen LogP contribution in [0, 0.1) is 18.3 Å². The summed E-state index contributed by atoms with van der Waals surface area (Å²) in [6, 6.07) is -1.24. The van der Waals surface area contributed by atoms with Crippen LogP contribution >= 0.6 is 0 Å². The predicted molar refractivity (Wildman–Crippen MR) is 56.6 cm³/mol. The zero-order valence-electron chi connectivity index (χ0n) is 8.73. The van der Waals surface area contributed by atoms with E-state index in [-0.39, 0.29) is 18.1 Å². The molecular weight excluding hydrogens is 218 g/mol. The number of carbonyl (C=O) groups is 1. The Morgan fingerprint density at radius 1 is 1.53 bits per heavy atom. The molecule has 0 aliphatic rings. The molecule has 0 amide bonds. The van der Waals surface area contributed by atoms with Crippen molar-refractivity contribution in [2.75, 3.05) is 5.75 Å². The molecule has 0 saturated heterocycles. The largest absolute Gasteiger partial charge is 0.480 e. The molecule has 5 nitrogen and oxygen atoms in total. The van der Waals surface area contributed by atoms with Gasteiger partial charge < -0.3 is 5.11 Å². The first kappa shape index (κ1) is 13.9. The Labute approximate surface area is 89.9 Å². The standard InChI is InChI=1S/C9H15NO4S/c1-4-5-8(9(11)12)10-15(13,14)6-7(2)3/h1,7-8,10H,5-6H2,2-3H3,(H,11,12). The monoisotopic (exact) mass is 233 g/mol. The van der Waals surface area contributed by atoms with Gasteiger partial charge in [-0.05, 0) is 5.92 Å². The second-order valence-electron chi connectivity index (χ2n) is 3.59. The van der Waals surface area contributed by atoms with Crippen LogP contribution in [0.1, 0.15) is 20.3 Å². The zero-order valence-corrected chi connectivity index (χ0v) is 9.54. The summed E-state index contributed by atoms with van der Waals surface area (Å²) in [6.45, 7) is 3.46. The van der Waals surface area contributed by atoms with Gasteiger partial charge in [0, 0.05) is 6.42 Å². The number of terminal acetylenes is 1. The van der Waals surface area contributed by atoms with Gasteiger partial charge in [-0.3, -0.25) is 4.79 Å². The van der Waals surface area contributed by atoms with Gasteiger partial charge in [0.2, 0.25) is 10.0 Å². The summed E-state index contributed by atoms with van der Waals surface area (Å²) in [5.74, 6) is 0.677. The van der Waals surface area contributed by atoms with Crippen LogP contribution in [-0.4, -0.2) is 31.3 Å². The molecule has 0 fully saturated rings. The van der Waals surface area contributed by atoms with Crippen molar-refractivity contribution in [2.45, 2.75) is 26.3 Å². The molecule has 0 spiro atoms. The quantitative estimate of drug-likeness (QED) is 0.634. The molecule has 0 bridgehead atoms. The van der Waals surface area contributed by atoms with Gasteiger partial charge in [-0.15, -0.1) is 12.3 Å². The summed E-state index contributed by atoms with van der Waals surface area (Å²) < 4.78 is 24.8. The third-order valence-corrected chi connectivity index (χ3v) is 3.24. The Hall–Kier alpha value is -1.06. The number of sulfonamides is 1. The maximum Gasteiger partial charge on any atom is 0.322 e. The summed E-state index contributed by atoms with van der Waals surface area (Å²) in [5.41, 5.74) is 0. The van der Waals surface area contributed by atoms with Crippen molar-refractivity contribution < 1.29 is 18.3 Å². The van der Waals surface area contributed by atoms with Crippen molar-refractivity contribution in [1.82, 2.24) is 4.72 Å². The van der Waals surface area contributed by atoms with E-state index in [2.05, 4.69) is 10.6 Å². The van der Waals surface area contributed by atoms with Crippen LogP contribution in [0.15, 0.2) is 0 Å². The normalized spacial score (nSPS) is 13.5. The number of carboxylic acid groups (broad SMARTS) is 1. The first-order valence-corrected chi connectivity index (χ1v) is 6.10. The molecule has 0 rings (SSSR count). The van der Waals surface area contributed by atoms with E-state index in [0.29, 0.717) is 0 Å². The van der Waals surface area contributed by atoms with Crippen molar-refractivity contribution >= 4 is 16.0 Å².